The van der Waals surface area contributed by atoms with Crippen molar-refractivity contribution in [1.29, 1.82) is 0 Å². The first-order valence-electron chi connectivity index (χ1n) is 8.86. The zero-order valence-electron chi connectivity index (χ0n) is 14.5. The van der Waals surface area contributed by atoms with Gasteiger partial charge in [0.1, 0.15) is 17.4 Å². The SMILES string of the molecule is O=C1CCN(S(=O)(=O)Cc2cccc(CCC(=O)C3CNC3)c2F)CC1. The number of ketones is 2. The number of hydrogen-bond acceptors (Lipinski definition) is 5. The molecule has 3 rings (SSSR count). The highest BCUT2D eigenvalue weighted by Gasteiger charge is 2.28. The molecule has 0 aliphatic carbocycles. The molecule has 0 unspecified atom stereocenters. The Kier molecular flexibility index (Phi) is 5.84. The molecular formula is C18H23FN2O4S. The lowest BCUT2D eigenvalue weighted by Gasteiger charge is -2.26. The van der Waals surface area contributed by atoms with Gasteiger partial charge in [-0.15, -0.1) is 0 Å². The third-order valence-corrected chi connectivity index (χ3v) is 6.88. The van der Waals surface area contributed by atoms with Crippen molar-refractivity contribution in [3.8, 4) is 0 Å². The van der Waals surface area contributed by atoms with E-state index in [4.69, 9.17) is 0 Å². The first-order chi connectivity index (χ1) is 12.4. The molecule has 26 heavy (non-hydrogen) atoms. The Morgan fingerprint density at radius 2 is 1.85 bits per heavy atom. The minimum absolute atomic E-state index is 0.0171. The Labute approximate surface area is 152 Å². The van der Waals surface area contributed by atoms with Gasteiger partial charge < -0.3 is 5.32 Å². The van der Waals surface area contributed by atoms with Crippen LogP contribution in [0.3, 0.4) is 0 Å². The Morgan fingerprint density at radius 1 is 1.19 bits per heavy atom. The topological polar surface area (TPSA) is 83.6 Å². The molecule has 2 saturated heterocycles. The van der Waals surface area contributed by atoms with Gasteiger partial charge >= 0.3 is 0 Å². The zero-order chi connectivity index (χ0) is 18.7. The number of benzene rings is 1. The third-order valence-electron chi connectivity index (χ3n) is 5.05. The fourth-order valence-electron chi connectivity index (χ4n) is 3.22. The molecule has 0 spiro atoms. The molecule has 142 valence electrons. The number of carbonyl (C=O) groups is 2. The Morgan fingerprint density at radius 3 is 2.46 bits per heavy atom. The van der Waals surface area contributed by atoms with E-state index in [1.165, 1.54) is 10.4 Å². The molecule has 6 nitrogen and oxygen atoms in total. The van der Waals surface area contributed by atoms with Crippen LogP contribution in [0.25, 0.3) is 0 Å². The summed E-state index contributed by atoms with van der Waals surface area (Å²) in [5.41, 5.74) is 0.476. The van der Waals surface area contributed by atoms with E-state index >= 15 is 0 Å². The molecule has 2 aliphatic heterocycles. The van der Waals surface area contributed by atoms with Crippen LogP contribution < -0.4 is 5.32 Å². The average molecular weight is 382 g/mol. The maximum atomic E-state index is 14.7. The molecule has 1 aromatic carbocycles. The fourth-order valence-corrected chi connectivity index (χ4v) is 4.75. The van der Waals surface area contributed by atoms with E-state index in [1.807, 2.05) is 0 Å². The smallest absolute Gasteiger partial charge is 0.218 e. The number of sulfonamides is 1. The number of piperidine rings is 1. The Hall–Kier alpha value is -1.64. The lowest BCUT2D eigenvalue weighted by atomic mass is 9.93. The standard InChI is InChI=1S/C18H23FN2O4S/c19-18-13(4-5-17(23)15-10-20-11-15)2-1-3-14(18)12-26(24,25)21-8-6-16(22)7-9-21/h1-3,15,20H,4-12H2. The molecule has 0 atom stereocenters. The molecule has 2 fully saturated rings. The van der Waals surface area contributed by atoms with Gasteiger partial charge in [-0.2, -0.15) is 0 Å². The van der Waals surface area contributed by atoms with Gasteiger partial charge in [0.25, 0.3) is 0 Å². The molecule has 0 amide bonds. The van der Waals surface area contributed by atoms with Crippen molar-refractivity contribution >= 4 is 21.6 Å². The van der Waals surface area contributed by atoms with Gasteiger partial charge in [0.05, 0.1) is 5.75 Å². The largest absolute Gasteiger partial charge is 0.315 e. The van der Waals surface area contributed by atoms with Crippen molar-refractivity contribution in [3.05, 3.63) is 35.1 Å². The quantitative estimate of drug-likeness (QED) is 0.762. The number of hydrogen-bond donors (Lipinski definition) is 1. The van der Waals surface area contributed by atoms with Crippen LogP contribution in [0.2, 0.25) is 0 Å². The van der Waals surface area contributed by atoms with Gasteiger partial charge in [0.2, 0.25) is 10.0 Å². The predicted molar refractivity (Wildman–Crippen MR) is 94.5 cm³/mol. The van der Waals surface area contributed by atoms with E-state index in [2.05, 4.69) is 5.32 Å². The predicted octanol–water partition coefficient (Wildman–Crippen LogP) is 1.04. The molecule has 0 radical (unpaired) electrons. The van der Waals surface area contributed by atoms with Crippen LogP contribution in [0.5, 0.6) is 0 Å². The molecule has 0 aromatic heterocycles. The molecular weight excluding hydrogens is 359 g/mol. The number of aryl methyl sites for hydroxylation is 1. The highest BCUT2D eigenvalue weighted by Crippen LogP contribution is 2.21. The maximum Gasteiger partial charge on any atom is 0.218 e. The van der Waals surface area contributed by atoms with Crippen molar-refractivity contribution in [3.63, 3.8) is 0 Å². The van der Waals surface area contributed by atoms with Crippen LogP contribution in [-0.4, -0.2) is 50.5 Å². The molecule has 0 saturated carbocycles. The number of Topliss-reactive ketones (excluding diaryl/α,β-unsaturated/α-hetero) is 2. The average Bonchev–Trinajstić information content (AvgIpc) is 2.54. The second-order valence-electron chi connectivity index (χ2n) is 6.91. The first kappa shape index (κ1) is 19.1. The highest BCUT2D eigenvalue weighted by molar-refractivity contribution is 7.88. The van der Waals surface area contributed by atoms with Crippen LogP contribution in [-0.2, 0) is 31.8 Å². The minimum atomic E-state index is -3.67. The lowest BCUT2D eigenvalue weighted by molar-refractivity contribution is -0.124. The van der Waals surface area contributed by atoms with Crippen LogP contribution in [0, 0.1) is 11.7 Å². The molecule has 1 aromatic rings. The minimum Gasteiger partial charge on any atom is -0.315 e. The number of rotatable bonds is 7. The lowest BCUT2D eigenvalue weighted by Crippen LogP contribution is -2.46. The van der Waals surface area contributed by atoms with Gasteiger partial charge in [-0.25, -0.2) is 17.1 Å². The third kappa shape index (κ3) is 4.36. The van der Waals surface area contributed by atoms with Gasteiger partial charge in [-0.05, 0) is 12.0 Å². The van der Waals surface area contributed by atoms with Gasteiger partial charge in [0, 0.05) is 56.9 Å². The van der Waals surface area contributed by atoms with Gasteiger partial charge in [-0.1, -0.05) is 18.2 Å². The summed E-state index contributed by atoms with van der Waals surface area (Å²) in [4.78, 5) is 23.2. The summed E-state index contributed by atoms with van der Waals surface area (Å²) in [7, 11) is -3.67. The van der Waals surface area contributed by atoms with Crippen molar-refractivity contribution in [2.24, 2.45) is 5.92 Å². The number of nitrogens with one attached hydrogen (secondary N) is 1. The monoisotopic (exact) mass is 382 g/mol. The summed E-state index contributed by atoms with van der Waals surface area (Å²) in [5, 5.41) is 3.03. The molecule has 0 bridgehead atoms. The Balaban J connectivity index is 1.66. The van der Waals surface area contributed by atoms with Crippen LogP contribution in [0.1, 0.15) is 30.4 Å². The second-order valence-corrected chi connectivity index (χ2v) is 8.87. The van der Waals surface area contributed by atoms with E-state index in [-0.39, 0.29) is 61.8 Å². The molecule has 2 heterocycles. The molecule has 8 heteroatoms. The molecule has 2 aliphatic rings. The van der Waals surface area contributed by atoms with Crippen molar-refractivity contribution in [2.75, 3.05) is 26.2 Å². The van der Waals surface area contributed by atoms with E-state index in [0.717, 1.165) is 0 Å². The number of nitrogens with zero attached hydrogens (tertiary/aromatic N) is 1. The summed E-state index contributed by atoms with van der Waals surface area (Å²) in [6, 6.07) is 4.68. The van der Waals surface area contributed by atoms with Gasteiger partial charge in [-0.3, -0.25) is 9.59 Å². The van der Waals surface area contributed by atoms with E-state index < -0.39 is 21.6 Å². The van der Waals surface area contributed by atoms with Crippen molar-refractivity contribution < 1.29 is 22.4 Å². The summed E-state index contributed by atoms with van der Waals surface area (Å²) in [5.74, 6) is -0.802. The fraction of sp³-hybridized carbons (Fsp3) is 0.556. The van der Waals surface area contributed by atoms with Crippen LogP contribution in [0.4, 0.5) is 4.39 Å². The van der Waals surface area contributed by atoms with Gasteiger partial charge in [0.15, 0.2) is 0 Å². The number of halogens is 1. The van der Waals surface area contributed by atoms with E-state index in [9.17, 15) is 22.4 Å². The van der Waals surface area contributed by atoms with E-state index in [0.29, 0.717) is 18.7 Å². The van der Waals surface area contributed by atoms with Crippen LogP contribution >= 0.6 is 0 Å². The first-order valence-corrected chi connectivity index (χ1v) is 10.5. The van der Waals surface area contributed by atoms with Crippen molar-refractivity contribution in [1.82, 2.24) is 9.62 Å². The summed E-state index contributed by atoms with van der Waals surface area (Å²) in [6.45, 7) is 1.68. The highest BCUT2D eigenvalue weighted by atomic mass is 32.2. The number of carbonyl (C=O) groups excluding carboxylic acids is 2. The summed E-state index contributed by atoms with van der Waals surface area (Å²) < 4.78 is 41.0. The summed E-state index contributed by atoms with van der Waals surface area (Å²) >= 11 is 0. The Bertz CT molecular complexity index is 795. The van der Waals surface area contributed by atoms with Crippen LogP contribution in [0.15, 0.2) is 18.2 Å². The second kappa shape index (κ2) is 7.94. The van der Waals surface area contributed by atoms with Crippen molar-refractivity contribution in [2.45, 2.75) is 31.4 Å². The normalized spacial score (nSPS) is 19.3. The zero-order valence-corrected chi connectivity index (χ0v) is 15.4. The maximum absolute atomic E-state index is 14.7. The van der Waals surface area contributed by atoms with E-state index in [1.54, 1.807) is 12.1 Å². The molecule has 1 N–H and O–H groups in total. The summed E-state index contributed by atoms with van der Waals surface area (Å²) in [6.07, 6.45) is 0.945.